The van der Waals surface area contributed by atoms with E-state index in [1.54, 1.807) is 10.9 Å². The van der Waals surface area contributed by atoms with Crippen LogP contribution in [-0.2, 0) is 6.54 Å². The summed E-state index contributed by atoms with van der Waals surface area (Å²) in [7, 11) is 0. The molecule has 1 aliphatic heterocycles. The SMILES string of the molecule is O=c1c(NCCC2CCNC2)c(Br)cnn1CC1CCC1. The number of nitrogens with zero attached hydrogens (tertiary/aromatic N) is 2. The lowest BCUT2D eigenvalue weighted by molar-refractivity contribution is 0.262. The number of hydrogen-bond acceptors (Lipinski definition) is 4. The van der Waals surface area contributed by atoms with Gasteiger partial charge in [0.15, 0.2) is 0 Å². The van der Waals surface area contributed by atoms with Gasteiger partial charge in [0, 0.05) is 13.1 Å². The normalized spacial score (nSPS) is 22.2. The lowest BCUT2D eigenvalue weighted by Crippen LogP contribution is -2.31. The Morgan fingerprint density at radius 2 is 2.24 bits per heavy atom. The fraction of sp³-hybridized carbons (Fsp3) is 0.733. The molecule has 1 aromatic heterocycles. The summed E-state index contributed by atoms with van der Waals surface area (Å²) < 4.78 is 2.38. The quantitative estimate of drug-likeness (QED) is 0.822. The largest absolute Gasteiger partial charge is 0.380 e. The van der Waals surface area contributed by atoms with Crippen molar-refractivity contribution in [3.8, 4) is 0 Å². The maximum atomic E-state index is 12.5. The number of halogens is 1. The van der Waals surface area contributed by atoms with E-state index in [-0.39, 0.29) is 5.56 Å². The van der Waals surface area contributed by atoms with Crippen molar-refractivity contribution >= 4 is 21.6 Å². The Morgan fingerprint density at radius 3 is 2.90 bits per heavy atom. The Labute approximate surface area is 133 Å². The zero-order valence-corrected chi connectivity index (χ0v) is 13.9. The summed E-state index contributed by atoms with van der Waals surface area (Å²) in [5, 5.41) is 10.9. The molecule has 1 aromatic rings. The first kappa shape index (κ1) is 15.0. The highest BCUT2D eigenvalue weighted by Crippen LogP contribution is 2.27. The minimum atomic E-state index is 0.000761. The third-order valence-corrected chi connectivity index (χ3v) is 5.27. The molecular formula is C15H23BrN4O. The van der Waals surface area contributed by atoms with Gasteiger partial charge in [-0.15, -0.1) is 0 Å². The third kappa shape index (κ3) is 3.66. The first-order chi connectivity index (χ1) is 10.2. The molecule has 1 atom stereocenters. The molecule has 0 spiro atoms. The van der Waals surface area contributed by atoms with E-state index >= 15 is 0 Å². The van der Waals surface area contributed by atoms with Gasteiger partial charge in [-0.25, -0.2) is 4.68 Å². The van der Waals surface area contributed by atoms with E-state index in [9.17, 15) is 4.79 Å². The van der Waals surface area contributed by atoms with E-state index in [0.29, 0.717) is 11.6 Å². The molecule has 5 nitrogen and oxygen atoms in total. The van der Waals surface area contributed by atoms with Crippen LogP contribution in [0.1, 0.15) is 32.1 Å². The summed E-state index contributed by atoms with van der Waals surface area (Å²) in [5.41, 5.74) is 0.663. The highest BCUT2D eigenvalue weighted by molar-refractivity contribution is 9.10. The molecule has 21 heavy (non-hydrogen) atoms. The second-order valence-electron chi connectivity index (χ2n) is 6.23. The van der Waals surface area contributed by atoms with Gasteiger partial charge in [0.25, 0.3) is 5.56 Å². The van der Waals surface area contributed by atoms with Crippen LogP contribution in [0.2, 0.25) is 0 Å². The second kappa shape index (κ2) is 6.92. The first-order valence-electron chi connectivity index (χ1n) is 7.94. The van der Waals surface area contributed by atoms with Crippen molar-refractivity contribution in [2.75, 3.05) is 25.0 Å². The minimum Gasteiger partial charge on any atom is -0.380 e. The minimum absolute atomic E-state index is 0.000761. The number of aromatic nitrogens is 2. The number of anilines is 1. The predicted octanol–water partition coefficient (Wildman–Crippen LogP) is 2.22. The van der Waals surface area contributed by atoms with Crippen molar-refractivity contribution in [2.45, 2.75) is 38.6 Å². The summed E-state index contributed by atoms with van der Waals surface area (Å²) in [5.74, 6) is 1.36. The van der Waals surface area contributed by atoms with E-state index in [0.717, 1.165) is 43.0 Å². The van der Waals surface area contributed by atoms with Crippen molar-refractivity contribution in [3.05, 3.63) is 21.0 Å². The summed E-state index contributed by atoms with van der Waals surface area (Å²) in [6.45, 7) is 3.82. The lowest BCUT2D eigenvalue weighted by Gasteiger charge is -2.25. The van der Waals surface area contributed by atoms with Gasteiger partial charge in [0.2, 0.25) is 0 Å². The monoisotopic (exact) mass is 354 g/mol. The van der Waals surface area contributed by atoms with Gasteiger partial charge in [-0.3, -0.25) is 4.79 Å². The molecule has 6 heteroatoms. The maximum absolute atomic E-state index is 12.5. The van der Waals surface area contributed by atoms with Crippen LogP contribution in [0.15, 0.2) is 15.5 Å². The molecule has 1 saturated heterocycles. The second-order valence-corrected chi connectivity index (χ2v) is 7.08. The van der Waals surface area contributed by atoms with E-state index in [4.69, 9.17) is 0 Å². The smallest absolute Gasteiger partial charge is 0.291 e. The average molecular weight is 355 g/mol. The Balaban J connectivity index is 1.62. The van der Waals surface area contributed by atoms with Gasteiger partial charge >= 0.3 is 0 Å². The van der Waals surface area contributed by atoms with E-state index in [1.165, 1.54) is 25.7 Å². The van der Waals surface area contributed by atoms with E-state index < -0.39 is 0 Å². The van der Waals surface area contributed by atoms with Crippen molar-refractivity contribution in [2.24, 2.45) is 11.8 Å². The molecule has 1 saturated carbocycles. The van der Waals surface area contributed by atoms with E-state index in [2.05, 4.69) is 31.7 Å². The Bertz CT molecular complexity index is 535. The molecule has 2 fully saturated rings. The van der Waals surface area contributed by atoms with Crippen LogP contribution in [0.5, 0.6) is 0 Å². The van der Waals surface area contributed by atoms with Crippen LogP contribution in [0.3, 0.4) is 0 Å². The molecule has 116 valence electrons. The molecule has 2 N–H and O–H groups in total. The van der Waals surface area contributed by atoms with Crippen molar-refractivity contribution in [1.29, 1.82) is 0 Å². The summed E-state index contributed by atoms with van der Waals surface area (Å²) >= 11 is 3.44. The standard InChI is InChI=1S/C15H23BrN4O/c16-13-9-19-20(10-12-2-1-3-12)15(21)14(13)18-7-5-11-4-6-17-8-11/h9,11-12,17-18H,1-8,10H2. The summed E-state index contributed by atoms with van der Waals surface area (Å²) in [6, 6.07) is 0. The van der Waals surface area contributed by atoms with Gasteiger partial charge in [-0.05, 0) is 66.5 Å². The highest BCUT2D eigenvalue weighted by atomic mass is 79.9. The summed E-state index contributed by atoms with van der Waals surface area (Å²) in [4.78, 5) is 12.5. The zero-order valence-electron chi connectivity index (χ0n) is 12.3. The third-order valence-electron chi connectivity index (χ3n) is 4.67. The molecule has 3 rings (SSSR count). The Kier molecular flexibility index (Phi) is 4.95. The van der Waals surface area contributed by atoms with Crippen LogP contribution in [0.25, 0.3) is 0 Å². The molecular weight excluding hydrogens is 332 g/mol. The van der Waals surface area contributed by atoms with Crippen LogP contribution in [0.4, 0.5) is 5.69 Å². The van der Waals surface area contributed by atoms with Crippen molar-refractivity contribution < 1.29 is 0 Å². The van der Waals surface area contributed by atoms with Gasteiger partial charge in [-0.2, -0.15) is 5.10 Å². The number of nitrogens with one attached hydrogen (secondary N) is 2. The van der Waals surface area contributed by atoms with Gasteiger partial charge in [0.1, 0.15) is 5.69 Å². The molecule has 1 unspecified atom stereocenters. The first-order valence-corrected chi connectivity index (χ1v) is 8.73. The van der Waals surface area contributed by atoms with Crippen LogP contribution < -0.4 is 16.2 Å². The molecule has 2 heterocycles. The zero-order chi connectivity index (χ0) is 14.7. The fourth-order valence-corrected chi connectivity index (χ4v) is 3.44. The van der Waals surface area contributed by atoms with Gasteiger partial charge in [-0.1, -0.05) is 6.42 Å². The molecule has 1 aliphatic carbocycles. The molecule has 0 radical (unpaired) electrons. The maximum Gasteiger partial charge on any atom is 0.291 e. The van der Waals surface area contributed by atoms with Crippen molar-refractivity contribution in [3.63, 3.8) is 0 Å². The fourth-order valence-electron chi connectivity index (χ4n) is 3.04. The van der Waals surface area contributed by atoms with Gasteiger partial charge < -0.3 is 10.6 Å². The molecule has 2 aliphatic rings. The van der Waals surface area contributed by atoms with Crippen molar-refractivity contribution in [1.82, 2.24) is 15.1 Å². The Morgan fingerprint density at radius 1 is 1.38 bits per heavy atom. The molecule has 0 bridgehead atoms. The van der Waals surface area contributed by atoms with Gasteiger partial charge in [0.05, 0.1) is 10.7 Å². The Hall–Kier alpha value is -0.880. The summed E-state index contributed by atoms with van der Waals surface area (Å²) in [6.07, 6.45) is 7.81. The van der Waals surface area contributed by atoms with E-state index in [1.807, 2.05) is 0 Å². The topological polar surface area (TPSA) is 59.0 Å². The molecule has 0 aromatic carbocycles. The number of hydrogen-bond donors (Lipinski definition) is 2. The average Bonchev–Trinajstić information content (AvgIpc) is 2.93. The van der Waals surface area contributed by atoms with Crippen LogP contribution >= 0.6 is 15.9 Å². The highest BCUT2D eigenvalue weighted by Gasteiger charge is 2.20. The number of rotatable bonds is 6. The lowest BCUT2D eigenvalue weighted by atomic mass is 9.85. The van der Waals surface area contributed by atoms with Crippen LogP contribution in [0, 0.1) is 11.8 Å². The molecule has 0 amide bonds. The predicted molar refractivity (Wildman–Crippen MR) is 87.6 cm³/mol. The van der Waals surface area contributed by atoms with Crippen LogP contribution in [-0.4, -0.2) is 29.4 Å².